The molecule has 144 valence electrons. The van der Waals surface area contributed by atoms with E-state index in [0.717, 1.165) is 0 Å². The Bertz CT molecular complexity index is 608. The van der Waals surface area contributed by atoms with Gasteiger partial charge in [-0.25, -0.2) is 4.79 Å². The van der Waals surface area contributed by atoms with E-state index in [4.69, 9.17) is 14.3 Å². The highest BCUT2D eigenvalue weighted by Crippen LogP contribution is 2.26. The van der Waals surface area contributed by atoms with Gasteiger partial charge in [-0.15, -0.1) is 0 Å². The van der Waals surface area contributed by atoms with Crippen molar-refractivity contribution in [1.82, 2.24) is 4.90 Å². The van der Waals surface area contributed by atoms with Gasteiger partial charge in [0.15, 0.2) is 0 Å². The summed E-state index contributed by atoms with van der Waals surface area (Å²) >= 11 is 0. The van der Waals surface area contributed by atoms with Crippen molar-refractivity contribution in [3.8, 4) is 0 Å². The van der Waals surface area contributed by atoms with Crippen LogP contribution in [0.25, 0.3) is 0 Å². The lowest BCUT2D eigenvalue weighted by Crippen LogP contribution is -2.32. The first-order chi connectivity index (χ1) is 12.2. The molecular weight excluding hydrogens is 340 g/mol. The second-order valence-corrected chi connectivity index (χ2v) is 6.51. The molecule has 0 saturated carbocycles. The molecule has 0 radical (unpaired) electrons. The number of carbonyl (C=O) groups is 3. The smallest absolute Gasteiger partial charge is 0.367 e. The zero-order valence-corrected chi connectivity index (χ0v) is 15.9. The highest BCUT2D eigenvalue weighted by molar-refractivity contribution is 6.24. The van der Waals surface area contributed by atoms with Crippen molar-refractivity contribution in [2.75, 3.05) is 26.3 Å². The third-order valence-electron chi connectivity index (χ3n) is 3.24. The molecule has 0 aromatic carbocycles. The number of ether oxygens (including phenoxy) is 2. The first-order valence-electron chi connectivity index (χ1n) is 8.43. The third kappa shape index (κ3) is 6.70. The molecule has 1 aliphatic heterocycles. The van der Waals surface area contributed by atoms with Gasteiger partial charge in [0, 0.05) is 11.6 Å². The third-order valence-corrected chi connectivity index (χ3v) is 3.24. The molecule has 1 heterocycles. The summed E-state index contributed by atoms with van der Waals surface area (Å²) in [6, 6.07) is 0. The molecule has 0 aliphatic carbocycles. The topological polar surface area (TPSA) is 94.5 Å². The number of esters is 2. The van der Waals surface area contributed by atoms with Gasteiger partial charge in [0.1, 0.15) is 18.8 Å². The highest BCUT2D eigenvalue weighted by Gasteiger charge is 2.33. The molecular formula is C18H26N2O6. The van der Waals surface area contributed by atoms with Crippen molar-refractivity contribution in [3.05, 3.63) is 23.9 Å². The van der Waals surface area contributed by atoms with E-state index in [1.54, 1.807) is 26.0 Å². The van der Waals surface area contributed by atoms with Gasteiger partial charge < -0.3 is 19.2 Å². The molecule has 0 aromatic rings. The Morgan fingerprint density at radius 2 is 1.65 bits per heavy atom. The van der Waals surface area contributed by atoms with Gasteiger partial charge in [-0.1, -0.05) is 25.9 Å². The molecule has 0 aromatic heterocycles. The molecule has 0 fully saturated rings. The van der Waals surface area contributed by atoms with Crippen LogP contribution in [-0.4, -0.2) is 54.8 Å². The van der Waals surface area contributed by atoms with Crippen molar-refractivity contribution in [2.24, 2.45) is 10.6 Å². The van der Waals surface area contributed by atoms with Crippen LogP contribution in [0, 0.1) is 5.41 Å². The van der Waals surface area contributed by atoms with E-state index < -0.39 is 17.9 Å². The quantitative estimate of drug-likeness (QED) is 0.367. The molecule has 26 heavy (non-hydrogen) atoms. The van der Waals surface area contributed by atoms with Crippen LogP contribution in [0.5, 0.6) is 0 Å². The van der Waals surface area contributed by atoms with E-state index in [1.165, 1.54) is 11.1 Å². The Labute approximate surface area is 153 Å². The van der Waals surface area contributed by atoms with Crippen LogP contribution in [0.3, 0.4) is 0 Å². The van der Waals surface area contributed by atoms with Crippen molar-refractivity contribution in [3.63, 3.8) is 0 Å². The lowest BCUT2D eigenvalue weighted by molar-refractivity contribution is -0.147. The van der Waals surface area contributed by atoms with E-state index in [1.807, 2.05) is 20.8 Å². The Kier molecular flexibility index (Phi) is 8.02. The lowest BCUT2D eigenvalue weighted by Gasteiger charge is -2.18. The van der Waals surface area contributed by atoms with Crippen LogP contribution in [0.15, 0.2) is 29.1 Å². The Morgan fingerprint density at radius 3 is 2.12 bits per heavy atom. The predicted molar refractivity (Wildman–Crippen MR) is 95.0 cm³/mol. The minimum Gasteiger partial charge on any atom is -0.465 e. The first kappa shape index (κ1) is 21.4. The maximum Gasteiger partial charge on any atom is 0.367 e. The van der Waals surface area contributed by atoms with Gasteiger partial charge in [-0.2, -0.15) is 0 Å². The van der Waals surface area contributed by atoms with Gasteiger partial charge in [-0.3, -0.25) is 9.59 Å². The van der Waals surface area contributed by atoms with Crippen molar-refractivity contribution in [2.45, 2.75) is 34.6 Å². The number of oxime groups is 1. The summed E-state index contributed by atoms with van der Waals surface area (Å²) in [5.74, 6) is -1.47. The van der Waals surface area contributed by atoms with E-state index in [2.05, 4.69) is 5.16 Å². The van der Waals surface area contributed by atoms with Crippen LogP contribution in [0.2, 0.25) is 0 Å². The summed E-state index contributed by atoms with van der Waals surface area (Å²) in [6.07, 6.45) is 4.62. The lowest BCUT2D eigenvalue weighted by atomic mass is 9.85. The molecule has 0 amide bonds. The molecule has 1 rings (SSSR count). The highest BCUT2D eigenvalue weighted by atomic mass is 16.7. The van der Waals surface area contributed by atoms with Crippen molar-refractivity contribution in [1.29, 1.82) is 0 Å². The number of hydrogen-bond acceptors (Lipinski definition) is 8. The van der Waals surface area contributed by atoms with Crippen LogP contribution >= 0.6 is 0 Å². The monoisotopic (exact) mass is 366 g/mol. The van der Waals surface area contributed by atoms with Gasteiger partial charge in [0.05, 0.1) is 18.8 Å². The average molecular weight is 366 g/mol. The molecule has 0 unspecified atom stereocenters. The summed E-state index contributed by atoms with van der Waals surface area (Å²) in [5.41, 5.74) is 0.511. The summed E-state index contributed by atoms with van der Waals surface area (Å²) in [7, 11) is 0. The molecule has 0 N–H and O–H groups in total. The van der Waals surface area contributed by atoms with Crippen molar-refractivity contribution >= 4 is 23.6 Å². The largest absolute Gasteiger partial charge is 0.465 e. The molecule has 0 spiro atoms. The molecule has 1 aliphatic rings. The predicted octanol–water partition coefficient (Wildman–Crippen LogP) is 1.81. The molecule has 0 bridgehead atoms. The minimum atomic E-state index is -0.540. The van der Waals surface area contributed by atoms with Crippen LogP contribution in [0.4, 0.5) is 0 Å². The normalized spacial score (nSPS) is 15.8. The van der Waals surface area contributed by atoms with Crippen molar-refractivity contribution < 1.29 is 28.7 Å². The zero-order valence-electron chi connectivity index (χ0n) is 15.9. The fourth-order valence-corrected chi connectivity index (χ4v) is 2.14. The molecule has 0 saturated heterocycles. The molecule has 8 nitrogen and oxygen atoms in total. The Morgan fingerprint density at radius 1 is 1.12 bits per heavy atom. The number of nitrogens with zero attached hydrogens (tertiary/aromatic N) is 2. The second kappa shape index (κ2) is 9.74. The van der Waals surface area contributed by atoms with E-state index in [0.29, 0.717) is 11.3 Å². The van der Waals surface area contributed by atoms with Gasteiger partial charge in [-0.05, 0) is 26.0 Å². The maximum absolute atomic E-state index is 11.8. The average Bonchev–Trinajstić information content (AvgIpc) is 2.89. The number of rotatable bonds is 8. The van der Waals surface area contributed by atoms with E-state index >= 15 is 0 Å². The standard InChI is InChI=1S/C18H26N2O6/c1-6-24-14(21)11-20(12-15(22)25-7-2)10-8-9-13-16(18(3,4)5)19-26-17(13)23/h8-10H,6-7,11-12H2,1-5H3/b10-8+,13-9+. The SMILES string of the molecule is CCOC(=O)CN(/C=C/C=C1/C(=O)ON=C1C(C)(C)C)CC(=O)OCC. The van der Waals surface area contributed by atoms with Crippen LogP contribution < -0.4 is 0 Å². The van der Waals surface area contributed by atoms with E-state index in [-0.39, 0.29) is 31.7 Å². The summed E-state index contributed by atoms with van der Waals surface area (Å²) < 4.78 is 9.79. The summed E-state index contributed by atoms with van der Waals surface area (Å²) in [4.78, 5) is 41.4. The maximum atomic E-state index is 11.8. The van der Waals surface area contributed by atoms with Gasteiger partial charge in [0.2, 0.25) is 0 Å². The van der Waals surface area contributed by atoms with Gasteiger partial charge >= 0.3 is 17.9 Å². The second-order valence-electron chi connectivity index (χ2n) is 6.51. The number of allylic oxidation sites excluding steroid dienone is 2. The molecule has 8 heteroatoms. The number of carbonyl (C=O) groups excluding carboxylic acids is 3. The van der Waals surface area contributed by atoms with Crippen LogP contribution in [0.1, 0.15) is 34.6 Å². The minimum absolute atomic E-state index is 0.114. The van der Waals surface area contributed by atoms with Crippen LogP contribution in [-0.2, 0) is 28.7 Å². The summed E-state index contributed by atoms with van der Waals surface area (Å²) in [6.45, 7) is 9.42. The first-order valence-corrected chi connectivity index (χ1v) is 8.43. The summed E-state index contributed by atoms with van der Waals surface area (Å²) in [5, 5.41) is 3.82. The fraction of sp³-hybridized carbons (Fsp3) is 0.556. The molecule has 0 atom stereocenters. The Hall–Kier alpha value is -2.64. The Balaban J connectivity index is 2.90. The zero-order chi connectivity index (χ0) is 19.7. The fourth-order valence-electron chi connectivity index (χ4n) is 2.14. The number of hydrogen-bond donors (Lipinski definition) is 0. The van der Waals surface area contributed by atoms with E-state index in [9.17, 15) is 14.4 Å². The van der Waals surface area contributed by atoms with Gasteiger partial charge in [0.25, 0.3) is 0 Å².